The topological polar surface area (TPSA) is 151 Å². The highest BCUT2D eigenvalue weighted by atomic mass is 32.2. The summed E-state index contributed by atoms with van der Waals surface area (Å²) < 4.78 is 0. The number of amides is 3. The standard InChI is InChI=1S/C18H34N4O5S/c1-6-11(4)15(17(25)20-12(18(26)27)7-8-28-5)22-16(24)14(10(2)3)21-13(23)9-19/h10-12,14-15H,6-9,19H2,1-5H3,(H,20,25)(H,21,23)(H,22,24)(H,26,27). The number of aliphatic carboxylic acids is 1. The maximum absolute atomic E-state index is 12.7. The van der Waals surface area contributed by atoms with Gasteiger partial charge >= 0.3 is 5.97 Å². The van der Waals surface area contributed by atoms with Crippen molar-refractivity contribution in [3.05, 3.63) is 0 Å². The van der Waals surface area contributed by atoms with Gasteiger partial charge in [-0.3, -0.25) is 14.4 Å². The molecule has 4 atom stereocenters. The fraction of sp³-hybridized carbons (Fsp3) is 0.778. The lowest BCUT2D eigenvalue weighted by molar-refractivity contribution is -0.142. The van der Waals surface area contributed by atoms with Crippen molar-refractivity contribution in [2.75, 3.05) is 18.6 Å². The molecule has 0 aliphatic carbocycles. The Morgan fingerprint density at radius 2 is 1.57 bits per heavy atom. The Bertz CT molecular complexity index is 544. The number of hydrogen-bond donors (Lipinski definition) is 5. The summed E-state index contributed by atoms with van der Waals surface area (Å²) in [6, 6.07) is -2.78. The molecule has 10 heteroatoms. The van der Waals surface area contributed by atoms with Gasteiger partial charge in [-0.2, -0.15) is 11.8 Å². The minimum atomic E-state index is -1.12. The summed E-state index contributed by atoms with van der Waals surface area (Å²) in [5.41, 5.74) is 5.30. The summed E-state index contributed by atoms with van der Waals surface area (Å²) in [7, 11) is 0. The van der Waals surface area contributed by atoms with Gasteiger partial charge in [0.2, 0.25) is 17.7 Å². The first kappa shape index (κ1) is 26.2. The summed E-state index contributed by atoms with van der Waals surface area (Å²) in [6.45, 7) is 6.95. The molecular weight excluding hydrogens is 384 g/mol. The van der Waals surface area contributed by atoms with Gasteiger partial charge < -0.3 is 26.8 Å². The Balaban J connectivity index is 5.33. The molecule has 162 valence electrons. The molecule has 0 aromatic rings. The normalized spacial score (nSPS) is 15.2. The second-order valence-electron chi connectivity index (χ2n) is 7.05. The van der Waals surface area contributed by atoms with Gasteiger partial charge in [-0.1, -0.05) is 34.1 Å². The van der Waals surface area contributed by atoms with Gasteiger partial charge in [0.25, 0.3) is 0 Å². The number of hydrogen-bond acceptors (Lipinski definition) is 6. The fourth-order valence-corrected chi connectivity index (χ4v) is 2.94. The van der Waals surface area contributed by atoms with E-state index in [1.807, 2.05) is 13.2 Å². The molecule has 0 aliphatic rings. The number of nitrogens with one attached hydrogen (secondary N) is 3. The SMILES string of the molecule is CCC(C)C(NC(=O)C(NC(=O)CN)C(C)C)C(=O)NC(CCSC)C(=O)O. The van der Waals surface area contributed by atoms with E-state index in [0.29, 0.717) is 12.2 Å². The summed E-state index contributed by atoms with van der Waals surface area (Å²) in [4.78, 5) is 48.4. The zero-order valence-electron chi connectivity index (χ0n) is 17.3. The van der Waals surface area contributed by atoms with Crippen molar-refractivity contribution in [2.24, 2.45) is 17.6 Å². The molecule has 0 rings (SSSR count). The van der Waals surface area contributed by atoms with Gasteiger partial charge in [0, 0.05) is 0 Å². The summed E-state index contributed by atoms with van der Waals surface area (Å²) in [6.07, 6.45) is 2.73. The van der Waals surface area contributed by atoms with Crippen LogP contribution in [0.2, 0.25) is 0 Å². The largest absolute Gasteiger partial charge is 0.480 e. The van der Waals surface area contributed by atoms with E-state index < -0.39 is 41.8 Å². The lowest BCUT2D eigenvalue weighted by Gasteiger charge is -2.28. The Labute approximate surface area is 170 Å². The monoisotopic (exact) mass is 418 g/mol. The highest BCUT2D eigenvalue weighted by molar-refractivity contribution is 7.98. The first-order chi connectivity index (χ1) is 13.1. The molecule has 0 saturated heterocycles. The molecule has 0 aliphatic heterocycles. The van der Waals surface area contributed by atoms with Crippen LogP contribution in [-0.2, 0) is 19.2 Å². The predicted octanol–water partition coefficient (Wildman–Crippen LogP) is -0.0607. The van der Waals surface area contributed by atoms with Crippen LogP contribution in [0.5, 0.6) is 0 Å². The average Bonchev–Trinajstić information content (AvgIpc) is 2.65. The minimum absolute atomic E-state index is 0.218. The summed E-state index contributed by atoms with van der Waals surface area (Å²) in [5, 5.41) is 17.1. The zero-order valence-corrected chi connectivity index (χ0v) is 18.1. The second kappa shape index (κ2) is 13.4. The van der Waals surface area contributed by atoms with Crippen molar-refractivity contribution in [3.63, 3.8) is 0 Å². The fourth-order valence-electron chi connectivity index (χ4n) is 2.47. The van der Waals surface area contributed by atoms with E-state index in [1.54, 1.807) is 20.8 Å². The predicted molar refractivity (Wildman–Crippen MR) is 110 cm³/mol. The number of thioether (sulfide) groups is 1. The van der Waals surface area contributed by atoms with E-state index in [-0.39, 0.29) is 24.8 Å². The van der Waals surface area contributed by atoms with Crippen molar-refractivity contribution >= 4 is 35.5 Å². The van der Waals surface area contributed by atoms with Crippen molar-refractivity contribution < 1.29 is 24.3 Å². The molecule has 0 aromatic carbocycles. The van der Waals surface area contributed by atoms with Crippen LogP contribution in [0.15, 0.2) is 0 Å². The van der Waals surface area contributed by atoms with Gasteiger partial charge in [-0.25, -0.2) is 4.79 Å². The lowest BCUT2D eigenvalue weighted by atomic mass is 9.96. The maximum atomic E-state index is 12.7. The first-order valence-electron chi connectivity index (χ1n) is 9.40. The highest BCUT2D eigenvalue weighted by Crippen LogP contribution is 2.11. The molecule has 6 N–H and O–H groups in total. The van der Waals surface area contributed by atoms with Gasteiger partial charge in [-0.05, 0) is 30.3 Å². The Hall–Kier alpha value is -1.81. The van der Waals surface area contributed by atoms with Crippen LogP contribution >= 0.6 is 11.8 Å². The number of carboxylic acids is 1. The van der Waals surface area contributed by atoms with E-state index in [9.17, 15) is 24.3 Å². The summed E-state index contributed by atoms with van der Waals surface area (Å²) in [5.74, 6) is -2.51. The van der Waals surface area contributed by atoms with Crippen molar-refractivity contribution in [3.8, 4) is 0 Å². The third kappa shape index (κ3) is 8.92. The molecule has 0 heterocycles. The van der Waals surface area contributed by atoms with Gasteiger partial charge in [0.15, 0.2) is 0 Å². The second-order valence-corrected chi connectivity index (χ2v) is 8.03. The van der Waals surface area contributed by atoms with Crippen LogP contribution in [0, 0.1) is 11.8 Å². The van der Waals surface area contributed by atoms with Crippen LogP contribution in [0.4, 0.5) is 0 Å². The van der Waals surface area contributed by atoms with E-state index in [0.717, 1.165) is 0 Å². The van der Waals surface area contributed by atoms with Crippen LogP contribution < -0.4 is 21.7 Å². The molecule has 28 heavy (non-hydrogen) atoms. The van der Waals surface area contributed by atoms with Gasteiger partial charge in [0.1, 0.15) is 18.1 Å². The molecule has 3 amide bonds. The van der Waals surface area contributed by atoms with E-state index in [2.05, 4.69) is 16.0 Å². The molecule has 0 saturated carbocycles. The Kier molecular flexibility index (Phi) is 12.5. The molecule has 4 unspecified atom stereocenters. The zero-order chi connectivity index (χ0) is 21.9. The van der Waals surface area contributed by atoms with Gasteiger partial charge in [-0.15, -0.1) is 0 Å². The number of carbonyl (C=O) groups is 4. The lowest BCUT2D eigenvalue weighted by Crippen LogP contribution is -2.59. The molecular formula is C18H34N4O5S. The van der Waals surface area contributed by atoms with Crippen molar-refractivity contribution in [2.45, 2.75) is 58.7 Å². The van der Waals surface area contributed by atoms with Crippen LogP contribution in [0.25, 0.3) is 0 Å². The van der Waals surface area contributed by atoms with Crippen LogP contribution in [0.3, 0.4) is 0 Å². The van der Waals surface area contributed by atoms with Crippen LogP contribution in [0.1, 0.15) is 40.5 Å². The van der Waals surface area contributed by atoms with E-state index in [4.69, 9.17) is 5.73 Å². The molecule has 0 bridgehead atoms. The minimum Gasteiger partial charge on any atom is -0.480 e. The van der Waals surface area contributed by atoms with E-state index >= 15 is 0 Å². The van der Waals surface area contributed by atoms with Crippen LogP contribution in [-0.4, -0.2) is 65.5 Å². The molecule has 0 spiro atoms. The molecule has 0 aromatic heterocycles. The number of nitrogens with two attached hydrogens (primary N) is 1. The molecule has 0 fully saturated rings. The molecule has 0 radical (unpaired) electrons. The summed E-state index contributed by atoms with van der Waals surface area (Å²) >= 11 is 1.48. The van der Waals surface area contributed by atoms with Crippen molar-refractivity contribution in [1.82, 2.24) is 16.0 Å². The van der Waals surface area contributed by atoms with Crippen molar-refractivity contribution in [1.29, 1.82) is 0 Å². The Morgan fingerprint density at radius 3 is 2.00 bits per heavy atom. The quantitative estimate of drug-likeness (QED) is 0.281. The first-order valence-corrected chi connectivity index (χ1v) is 10.8. The molecule has 9 nitrogen and oxygen atoms in total. The highest BCUT2D eigenvalue weighted by Gasteiger charge is 2.32. The Morgan fingerprint density at radius 1 is 1.00 bits per heavy atom. The third-order valence-electron chi connectivity index (χ3n) is 4.47. The van der Waals surface area contributed by atoms with Gasteiger partial charge in [0.05, 0.1) is 6.54 Å². The average molecular weight is 419 g/mol. The van der Waals surface area contributed by atoms with E-state index in [1.165, 1.54) is 11.8 Å². The number of carbonyl (C=O) groups excluding carboxylic acids is 3. The maximum Gasteiger partial charge on any atom is 0.326 e. The number of rotatable bonds is 13. The smallest absolute Gasteiger partial charge is 0.326 e. The third-order valence-corrected chi connectivity index (χ3v) is 5.11. The number of carboxylic acid groups (broad SMARTS) is 1.